The first-order chi connectivity index (χ1) is 18.4. The van der Waals surface area contributed by atoms with Gasteiger partial charge in [0, 0.05) is 51.0 Å². The fourth-order valence-corrected chi connectivity index (χ4v) is 5.63. The van der Waals surface area contributed by atoms with Gasteiger partial charge in [-0.15, -0.1) is 0 Å². The van der Waals surface area contributed by atoms with Gasteiger partial charge >= 0.3 is 6.18 Å². The van der Waals surface area contributed by atoms with Gasteiger partial charge in [-0.2, -0.15) is 23.3 Å². The van der Waals surface area contributed by atoms with Crippen molar-refractivity contribution in [3.8, 4) is 11.3 Å². The Morgan fingerprint density at radius 2 is 1.68 bits per heavy atom. The third-order valence-electron chi connectivity index (χ3n) is 7.70. The molecule has 1 N–H and O–H groups in total. The normalized spacial score (nSPS) is 18.3. The first kappa shape index (κ1) is 26.9. The van der Waals surface area contributed by atoms with E-state index in [1.165, 1.54) is 24.9 Å². The molecule has 1 aliphatic carbocycles. The second-order valence-electron chi connectivity index (χ2n) is 10.6. The molecule has 5 rings (SSSR count). The molecule has 0 atom stereocenters. The third kappa shape index (κ3) is 6.64. The number of hydrogen-bond acceptors (Lipinski definition) is 6. The zero-order valence-electron chi connectivity index (χ0n) is 22.2. The van der Waals surface area contributed by atoms with Gasteiger partial charge in [0.05, 0.1) is 17.8 Å². The summed E-state index contributed by atoms with van der Waals surface area (Å²) >= 11 is 0. The Hall–Kier alpha value is -2.72. The molecule has 1 saturated carbocycles. The molecule has 10 heteroatoms. The van der Waals surface area contributed by atoms with Crippen LogP contribution < -0.4 is 5.32 Å². The van der Waals surface area contributed by atoms with E-state index in [-0.39, 0.29) is 18.5 Å². The van der Waals surface area contributed by atoms with Crippen molar-refractivity contribution in [1.29, 1.82) is 0 Å². The topological polar surface area (TPSA) is 62.1 Å². The standard InChI is InChI=1S/C28H38F3N7/c1-2-14-36-15-17-37(18-16-36)20-21-8-10-22(11-9-21)25-24-19-33-27(32-13-12-28(29,30)31)34-26(24)38(35-25)23-6-4-3-5-7-23/h8-11,19,23H,2-7,12-18,20H2,1H3,(H,32,33,34). The minimum absolute atomic E-state index is 0.208. The summed E-state index contributed by atoms with van der Waals surface area (Å²) in [5.41, 5.74) is 3.79. The molecule has 7 nitrogen and oxygen atoms in total. The van der Waals surface area contributed by atoms with Gasteiger partial charge in [-0.25, -0.2) is 9.67 Å². The van der Waals surface area contributed by atoms with Gasteiger partial charge in [0.15, 0.2) is 5.65 Å². The maximum atomic E-state index is 12.6. The number of hydrogen-bond donors (Lipinski definition) is 1. The molecule has 2 aromatic heterocycles. The number of nitrogens with one attached hydrogen (secondary N) is 1. The van der Waals surface area contributed by atoms with Gasteiger partial charge in [0.1, 0.15) is 5.69 Å². The molecular weight excluding hydrogens is 491 g/mol. The number of rotatable bonds is 9. The predicted octanol–water partition coefficient (Wildman–Crippen LogP) is 5.89. The minimum Gasteiger partial charge on any atom is -0.354 e. The minimum atomic E-state index is -4.22. The molecule has 0 spiro atoms. The van der Waals surface area contributed by atoms with Crippen LogP contribution in [0.1, 0.15) is 63.5 Å². The van der Waals surface area contributed by atoms with Crippen LogP contribution in [0.15, 0.2) is 30.5 Å². The molecular formula is C28H38F3N7. The van der Waals surface area contributed by atoms with Crippen LogP contribution in [0, 0.1) is 0 Å². The van der Waals surface area contributed by atoms with Gasteiger partial charge in [0.25, 0.3) is 0 Å². The SMILES string of the molecule is CCCN1CCN(Cc2ccc(-c3nn(C4CCCCC4)c4nc(NCCC(F)(F)F)ncc34)cc2)CC1. The van der Waals surface area contributed by atoms with Crippen molar-refractivity contribution >= 4 is 17.0 Å². The first-order valence-electron chi connectivity index (χ1n) is 14.0. The quantitative estimate of drug-likeness (QED) is 0.373. The lowest BCUT2D eigenvalue weighted by Gasteiger charge is -2.34. The maximum absolute atomic E-state index is 12.6. The fraction of sp³-hybridized carbons (Fsp3) is 0.607. The summed E-state index contributed by atoms with van der Waals surface area (Å²) in [6.45, 7) is 8.54. The van der Waals surface area contributed by atoms with Crippen LogP contribution in [-0.2, 0) is 6.54 Å². The van der Waals surface area contributed by atoms with E-state index in [0.717, 1.165) is 75.1 Å². The molecule has 2 fully saturated rings. The van der Waals surface area contributed by atoms with Crippen LogP contribution in [0.5, 0.6) is 0 Å². The number of halogens is 3. The van der Waals surface area contributed by atoms with Gasteiger partial charge in [-0.3, -0.25) is 4.90 Å². The van der Waals surface area contributed by atoms with Crippen molar-refractivity contribution in [1.82, 2.24) is 29.5 Å². The maximum Gasteiger partial charge on any atom is 0.390 e. The number of fused-ring (bicyclic) bond motifs is 1. The van der Waals surface area contributed by atoms with Gasteiger partial charge < -0.3 is 10.2 Å². The van der Waals surface area contributed by atoms with Crippen molar-refractivity contribution in [2.24, 2.45) is 0 Å². The number of piperazine rings is 1. The average molecular weight is 530 g/mol. The molecule has 38 heavy (non-hydrogen) atoms. The molecule has 2 aliphatic rings. The monoisotopic (exact) mass is 529 g/mol. The van der Waals surface area contributed by atoms with Crippen LogP contribution in [0.3, 0.4) is 0 Å². The summed E-state index contributed by atoms with van der Waals surface area (Å²) in [5, 5.41) is 8.57. The van der Waals surface area contributed by atoms with Crippen molar-refractivity contribution < 1.29 is 13.2 Å². The second kappa shape index (κ2) is 12.0. The van der Waals surface area contributed by atoms with Crippen molar-refractivity contribution in [3.05, 3.63) is 36.0 Å². The Morgan fingerprint density at radius 3 is 2.37 bits per heavy atom. The molecule has 1 saturated heterocycles. The highest BCUT2D eigenvalue weighted by molar-refractivity contribution is 5.91. The molecule has 0 radical (unpaired) electrons. The molecule has 0 amide bonds. The summed E-state index contributed by atoms with van der Waals surface area (Å²) in [5.74, 6) is 0.208. The van der Waals surface area contributed by atoms with Gasteiger partial charge in [-0.1, -0.05) is 50.5 Å². The Bertz CT molecular complexity index is 1180. The molecule has 0 unspecified atom stereocenters. The highest BCUT2D eigenvalue weighted by Crippen LogP contribution is 2.34. The zero-order valence-corrected chi connectivity index (χ0v) is 22.2. The highest BCUT2D eigenvalue weighted by Gasteiger charge is 2.27. The Labute approximate surface area is 222 Å². The van der Waals surface area contributed by atoms with Crippen molar-refractivity contribution in [2.45, 2.75) is 70.6 Å². The predicted molar refractivity (Wildman–Crippen MR) is 144 cm³/mol. The smallest absolute Gasteiger partial charge is 0.354 e. The fourth-order valence-electron chi connectivity index (χ4n) is 5.63. The molecule has 0 bridgehead atoms. The summed E-state index contributed by atoms with van der Waals surface area (Å²) in [7, 11) is 0. The first-order valence-corrected chi connectivity index (χ1v) is 14.0. The lowest BCUT2D eigenvalue weighted by Crippen LogP contribution is -2.45. The van der Waals surface area contributed by atoms with Gasteiger partial charge in [0.2, 0.25) is 5.95 Å². The molecule has 206 valence electrons. The number of alkyl halides is 3. The average Bonchev–Trinajstić information content (AvgIpc) is 3.29. The summed E-state index contributed by atoms with van der Waals surface area (Å²) in [4.78, 5) is 14.0. The lowest BCUT2D eigenvalue weighted by molar-refractivity contribution is -0.131. The lowest BCUT2D eigenvalue weighted by atomic mass is 9.96. The van der Waals surface area contributed by atoms with Crippen molar-refractivity contribution in [3.63, 3.8) is 0 Å². The number of benzene rings is 1. The number of aromatic nitrogens is 4. The summed E-state index contributed by atoms with van der Waals surface area (Å²) < 4.78 is 39.8. The molecule has 1 aliphatic heterocycles. The van der Waals surface area contributed by atoms with E-state index in [4.69, 9.17) is 5.10 Å². The molecule has 3 heterocycles. The number of anilines is 1. The van der Waals surface area contributed by atoms with Crippen LogP contribution in [0.25, 0.3) is 22.3 Å². The van der Waals surface area contributed by atoms with E-state index < -0.39 is 12.6 Å². The van der Waals surface area contributed by atoms with Crippen LogP contribution in [0.2, 0.25) is 0 Å². The van der Waals surface area contributed by atoms with Crippen molar-refractivity contribution in [2.75, 3.05) is 44.6 Å². The highest BCUT2D eigenvalue weighted by atomic mass is 19.4. The summed E-state index contributed by atoms with van der Waals surface area (Å²) in [6, 6.07) is 8.82. The van der Waals surface area contributed by atoms with E-state index in [1.54, 1.807) is 6.20 Å². The Kier molecular flexibility index (Phi) is 8.48. The largest absolute Gasteiger partial charge is 0.390 e. The van der Waals surface area contributed by atoms with Gasteiger partial charge in [-0.05, 0) is 31.4 Å². The van der Waals surface area contributed by atoms with E-state index in [0.29, 0.717) is 5.65 Å². The third-order valence-corrected chi connectivity index (χ3v) is 7.70. The second-order valence-corrected chi connectivity index (χ2v) is 10.6. The van der Waals surface area contributed by atoms with Crippen LogP contribution in [0.4, 0.5) is 19.1 Å². The van der Waals surface area contributed by atoms with E-state index >= 15 is 0 Å². The van der Waals surface area contributed by atoms with E-state index in [9.17, 15) is 13.2 Å². The van der Waals surface area contributed by atoms with E-state index in [2.05, 4.69) is 56.3 Å². The van der Waals surface area contributed by atoms with E-state index in [1.807, 2.05) is 4.68 Å². The Morgan fingerprint density at radius 1 is 0.974 bits per heavy atom. The van der Waals surface area contributed by atoms with Crippen LogP contribution >= 0.6 is 0 Å². The zero-order chi connectivity index (χ0) is 26.5. The van der Waals surface area contributed by atoms with Crippen LogP contribution in [-0.4, -0.2) is 75.0 Å². The number of nitrogens with zero attached hydrogens (tertiary/aromatic N) is 6. The Balaban J connectivity index is 1.35. The molecule has 3 aromatic rings. The summed E-state index contributed by atoms with van der Waals surface area (Å²) in [6.07, 6.45) is 3.32. The molecule has 1 aromatic carbocycles.